The minimum atomic E-state index is -0.332. The number of anilines is 2. The van der Waals surface area contributed by atoms with Gasteiger partial charge in [0.15, 0.2) is 0 Å². The summed E-state index contributed by atoms with van der Waals surface area (Å²) in [4.78, 5) is 25.0. The lowest BCUT2D eigenvalue weighted by molar-refractivity contribution is -0.163. The number of hydrogen-bond acceptors (Lipinski definition) is 6. The highest BCUT2D eigenvalue weighted by Gasteiger charge is 2.60. The van der Waals surface area contributed by atoms with E-state index in [9.17, 15) is 9.59 Å². The first-order valence-electron chi connectivity index (χ1n) is 18.4. The molecule has 6 heteroatoms. The third-order valence-electron chi connectivity index (χ3n) is 13.4. The summed E-state index contributed by atoms with van der Waals surface area (Å²) in [5.41, 5.74) is 14.4. The zero-order chi connectivity index (χ0) is 32.4. The van der Waals surface area contributed by atoms with Crippen molar-refractivity contribution in [1.82, 2.24) is 0 Å². The number of carbonyl (C=O) groups excluding carboxylic acids is 2. The van der Waals surface area contributed by atoms with Crippen LogP contribution in [-0.2, 0) is 25.7 Å². The largest absolute Gasteiger partial charge is 0.462 e. The van der Waals surface area contributed by atoms with Gasteiger partial charge in [0.1, 0.15) is 12.7 Å². The van der Waals surface area contributed by atoms with Crippen molar-refractivity contribution in [2.75, 3.05) is 11.5 Å². The van der Waals surface area contributed by atoms with Crippen molar-refractivity contribution in [3.05, 3.63) is 23.8 Å². The first-order valence-corrected chi connectivity index (χ1v) is 18.4. The van der Waals surface area contributed by atoms with Gasteiger partial charge in [-0.2, -0.15) is 0 Å². The summed E-state index contributed by atoms with van der Waals surface area (Å²) in [6.07, 6.45) is 16.6. The Morgan fingerprint density at radius 1 is 0.867 bits per heavy atom. The second kappa shape index (κ2) is 14.3. The number of rotatable bonds is 12. The molecule has 1 aromatic rings. The first-order chi connectivity index (χ1) is 21.4. The summed E-state index contributed by atoms with van der Waals surface area (Å²) in [6, 6.07) is 5.16. The molecule has 4 aliphatic carbocycles. The smallest absolute Gasteiger partial charge is 0.306 e. The molecule has 4 fully saturated rings. The van der Waals surface area contributed by atoms with E-state index < -0.39 is 0 Å². The average molecular weight is 623 g/mol. The molecule has 9 unspecified atom stereocenters. The minimum Gasteiger partial charge on any atom is -0.462 e. The van der Waals surface area contributed by atoms with Gasteiger partial charge in [0.2, 0.25) is 0 Å². The molecular formula is C39H62N2O4. The molecule has 0 spiro atoms. The van der Waals surface area contributed by atoms with Gasteiger partial charge in [-0.05, 0) is 129 Å². The van der Waals surface area contributed by atoms with E-state index in [1.807, 2.05) is 0 Å². The number of esters is 2. The SMILES string of the molecule is CC(C)CCCC(C)C1CCC2C3CCC4CC(OC(=O)CCCC(=O)OCc5ccc(N)cc5N)CCC4(C)C3CCC12C. The second-order valence-corrected chi connectivity index (χ2v) is 16.5. The zero-order valence-corrected chi connectivity index (χ0v) is 29.0. The maximum absolute atomic E-state index is 12.8. The van der Waals surface area contributed by atoms with Gasteiger partial charge in [-0.15, -0.1) is 0 Å². The van der Waals surface area contributed by atoms with Crippen LogP contribution in [0.4, 0.5) is 11.4 Å². The number of nitrogens with two attached hydrogens (primary N) is 2. The molecular weight excluding hydrogens is 560 g/mol. The normalized spacial score (nSPS) is 34.8. The molecule has 4 saturated carbocycles. The fourth-order valence-electron chi connectivity index (χ4n) is 10.9. The van der Waals surface area contributed by atoms with Crippen molar-refractivity contribution in [3.63, 3.8) is 0 Å². The Kier molecular flexibility index (Phi) is 10.8. The fraction of sp³-hybridized carbons (Fsp3) is 0.795. The van der Waals surface area contributed by atoms with Crippen LogP contribution in [0.25, 0.3) is 0 Å². The summed E-state index contributed by atoms with van der Waals surface area (Å²) >= 11 is 0. The van der Waals surface area contributed by atoms with Crippen LogP contribution in [0.3, 0.4) is 0 Å². The van der Waals surface area contributed by atoms with Crippen LogP contribution in [0.5, 0.6) is 0 Å². The summed E-state index contributed by atoms with van der Waals surface area (Å²) in [6.45, 7) is 12.7. The zero-order valence-electron chi connectivity index (χ0n) is 29.0. The molecule has 45 heavy (non-hydrogen) atoms. The highest BCUT2D eigenvalue weighted by Crippen LogP contribution is 2.68. The van der Waals surface area contributed by atoms with Crippen LogP contribution in [0, 0.1) is 52.3 Å². The maximum atomic E-state index is 12.8. The Hall–Kier alpha value is -2.24. The molecule has 4 N–H and O–H groups in total. The summed E-state index contributed by atoms with van der Waals surface area (Å²) in [5.74, 6) is 5.33. The quantitative estimate of drug-likeness (QED) is 0.178. The molecule has 6 nitrogen and oxygen atoms in total. The highest BCUT2D eigenvalue weighted by molar-refractivity contribution is 5.72. The van der Waals surface area contributed by atoms with Crippen molar-refractivity contribution in [3.8, 4) is 0 Å². The molecule has 9 atom stereocenters. The lowest BCUT2D eigenvalue weighted by Crippen LogP contribution is -2.54. The molecule has 0 saturated heterocycles. The molecule has 0 aromatic heterocycles. The van der Waals surface area contributed by atoms with E-state index in [0.29, 0.717) is 34.5 Å². The Morgan fingerprint density at radius 3 is 2.36 bits per heavy atom. The van der Waals surface area contributed by atoms with Gasteiger partial charge in [0.25, 0.3) is 0 Å². The highest BCUT2D eigenvalue weighted by atomic mass is 16.5. The van der Waals surface area contributed by atoms with Crippen molar-refractivity contribution >= 4 is 23.3 Å². The van der Waals surface area contributed by atoms with Gasteiger partial charge in [0.05, 0.1) is 0 Å². The summed E-state index contributed by atoms with van der Waals surface area (Å²) in [7, 11) is 0. The standard InChI is InChI=1S/C39H62N2O4/c1-25(2)8-6-9-26(3)32-16-17-33-31-15-13-28-22-30(18-20-38(28,4)34(31)19-21-39(32,33)5)45-37(43)11-7-10-36(42)44-24-27-12-14-29(40)23-35(27)41/h12,14,23,25-26,28,30-34H,6-11,13,15-22,24,40-41H2,1-5H3. The van der Waals surface area contributed by atoms with E-state index in [1.165, 1.54) is 64.2 Å². The van der Waals surface area contributed by atoms with Crippen molar-refractivity contribution < 1.29 is 19.1 Å². The second-order valence-electron chi connectivity index (χ2n) is 16.5. The summed E-state index contributed by atoms with van der Waals surface area (Å²) < 4.78 is 11.4. The van der Waals surface area contributed by atoms with Gasteiger partial charge < -0.3 is 20.9 Å². The fourth-order valence-corrected chi connectivity index (χ4v) is 10.9. The monoisotopic (exact) mass is 622 g/mol. The molecule has 0 heterocycles. The number of ether oxygens (including phenoxy) is 2. The molecule has 0 amide bonds. The van der Waals surface area contributed by atoms with Gasteiger partial charge in [0, 0.05) is 29.8 Å². The van der Waals surface area contributed by atoms with Gasteiger partial charge in [-0.3, -0.25) is 9.59 Å². The minimum absolute atomic E-state index is 0.0176. The van der Waals surface area contributed by atoms with Crippen LogP contribution < -0.4 is 11.5 Å². The Morgan fingerprint density at radius 2 is 1.60 bits per heavy atom. The Bertz CT molecular complexity index is 1180. The van der Waals surface area contributed by atoms with E-state index in [1.54, 1.807) is 18.2 Å². The third kappa shape index (κ3) is 7.51. The van der Waals surface area contributed by atoms with Crippen molar-refractivity contribution in [2.24, 2.45) is 52.3 Å². The number of nitrogen functional groups attached to an aromatic ring is 2. The van der Waals surface area contributed by atoms with Crippen LogP contribution in [0.15, 0.2) is 18.2 Å². The van der Waals surface area contributed by atoms with Crippen LogP contribution >= 0.6 is 0 Å². The van der Waals surface area contributed by atoms with Crippen LogP contribution in [0.2, 0.25) is 0 Å². The van der Waals surface area contributed by atoms with Gasteiger partial charge in [-0.25, -0.2) is 0 Å². The molecule has 252 valence electrons. The van der Waals surface area contributed by atoms with Crippen molar-refractivity contribution in [2.45, 2.75) is 144 Å². The predicted molar refractivity (Wildman–Crippen MR) is 182 cm³/mol. The molecule has 4 aliphatic rings. The molecule has 5 rings (SSSR count). The maximum Gasteiger partial charge on any atom is 0.306 e. The number of hydrogen-bond donors (Lipinski definition) is 2. The van der Waals surface area contributed by atoms with Gasteiger partial charge >= 0.3 is 11.9 Å². The Labute approximate surface area is 273 Å². The Balaban J connectivity index is 1.06. The molecule has 1 aromatic carbocycles. The van der Waals surface area contributed by atoms with E-state index >= 15 is 0 Å². The van der Waals surface area contributed by atoms with Crippen LogP contribution in [0.1, 0.15) is 136 Å². The number of benzene rings is 1. The number of fused-ring (bicyclic) bond motifs is 5. The molecule has 0 bridgehead atoms. The molecule has 0 aliphatic heterocycles. The predicted octanol–water partition coefficient (Wildman–Crippen LogP) is 9.10. The number of carbonyl (C=O) groups is 2. The van der Waals surface area contributed by atoms with E-state index in [2.05, 4.69) is 34.6 Å². The average Bonchev–Trinajstić information content (AvgIpc) is 3.34. The van der Waals surface area contributed by atoms with Gasteiger partial charge in [-0.1, -0.05) is 59.9 Å². The van der Waals surface area contributed by atoms with E-state index in [-0.39, 0.29) is 37.5 Å². The molecule has 0 radical (unpaired) electrons. The lowest BCUT2D eigenvalue weighted by Gasteiger charge is -2.61. The van der Waals surface area contributed by atoms with Crippen LogP contribution in [-0.4, -0.2) is 18.0 Å². The van der Waals surface area contributed by atoms with E-state index in [4.69, 9.17) is 20.9 Å². The topological polar surface area (TPSA) is 105 Å². The van der Waals surface area contributed by atoms with Crippen molar-refractivity contribution in [1.29, 1.82) is 0 Å². The summed E-state index contributed by atoms with van der Waals surface area (Å²) in [5, 5.41) is 0. The first kappa shape index (κ1) is 34.1. The third-order valence-corrected chi connectivity index (χ3v) is 13.4. The van der Waals surface area contributed by atoms with E-state index in [0.717, 1.165) is 53.9 Å². The lowest BCUT2D eigenvalue weighted by atomic mass is 9.44.